The van der Waals surface area contributed by atoms with E-state index in [-0.39, 0.29) is 17.6 Å². The van der Waals surface area contributed by atoms with Gasteiger partial charge in [0, 0.05) is 11.8 Å². The third kappa shape index (κ3) is 4.03. The SMILES string of the molecule is CC(=O)[C@@H](CC1CCCC1)[C@H](Cc1ccccc1)c1nnn[nH]1. The Hall–Kier alpha value is -2.04. The fourth-order valence-corrected chi connectivity index (χ4v) is 3.84. The van der Waals surface area contributed by atoms with E-state index in [2.05, 4.69) is 32.8 Å². The fraction of sp³-hybridized carbons (Fsp3) is 0.556. The van der Waals surface area contributed by atoms with Crippen molar-refractivity contribution in [1.82, 2.24) is 20.6 Å². The molecule has 1 aromatic heterocycles. The number of ketones is 1. The highest BCUT2D eigenvalue weighted by molar-refractivity contribution is 5.79. The highest BCUT2D eigenvalue weighted by Gasteiger charge is 2.32. The summed E-state index contributed by atoms with van der Waals surface area (Å²) in [5.41, 5.74) is 1.21. The smallest absolute Gasteiger partial charge is 0.152 e. The van der Waals surface area contributed by atoms with Gasteiger partial charge in [0.2, 0.25) is 0 Å². The van der Waals surface area contributed by atoms with Crippen LogP contribution in [0.25, 0.3) is 0 Å². The lowest BCUT2D eigenvalue weighted by Gasteiger charge is -2.25. The summed E-state index contributed by atoms with van der Waals surface area (Å²) >= 11 is 0. The third-order valence-electron chi connectivity index (χ3n) is 5.08. The molecule has 0 bridgehead atoms. The van der Waals surface area contributed by atoms with Crippen molar-refractivity contribution in [2.45, 2.75) is 51.4 Å². The summed E-state index contributed by atoms with van der Waals surface area (Å²) in [5.74, 6) is 1.64. The number of aromatic amines is 1. The molecule has 1 N–H and O–H groups in total. The molecule has 5 nitrogen and oxygen atoms in total. The number of hydrogen-bond acceptors (Lipinski definition) is 4. The van der Waals surface area contributed by atoms with Crippen LogP contribution >= 0.6 is 0 Å². The minimum absolute atomic E-state index is 0.0190. The summed E-state index contributed by atoms with van der Waals surface area (Å²) in [4.78, 5) is 12.4. The number of nitrogens with zero attached hydrogens (tertiary/aromatic N) is 3. The lowest BCUT2D eigenvalue weighted by molar-refractivity contribution is -0.122. The Kier molecular flexibility index (Phi) is 5.16. The second kappa shape index (κ2) is 7.49. The molecule has 1 aliphatic carbocycles. The van der Waals surface area contributed by atoms with Crippen molar-refractivity contribution in [1.29, 1.82) is 0 Å². The maximum absolute atomic E-state index is 12.4. The van der Waals surface area contributed by atoms with Gasteiger partial charge >= 0.3 is 0 Å². The van der Waals surface area contributed by atoms with Crippen molar-refractivity contribution in [3.63, 3.8) is 0 Å². The number of rotatable bonds is 7. The molecule has 0 aliphatic heterocycles. The summed E-state index contributed by atoms with van der Waals surface area (Å²) in [6, 6.07) is 10.3. The summed E-state index contributed by atoms with van der Waals surface area (Å²) in [6.45, 7) is 1.71. The Morgan fingerprint density at radius 3 is 2.61 bits per heavy atom. The second-order valence-electron chi connectivity index (χ2n) is 6.69. The minimum Gasteiger partial charge on any atom is -0.300 e. The maximum atomic E-state index is 12.4. The number of H-pyrrole nitrogens is 1. The van der Waals surface area contributed by atoms with Gasteiger partial charge in [-0.15, -0.1) is 5.10 Å². The van der Waals surface area contributed by atoms with Gasteiger partial charge in [-0.3, -0.25) is 4.79 Å². The molecule has 1 aromatic carbocycles. The molecule has 0 saturated heterocycles. The van der Waals surface area contributed by atoms with Crippen molar-refractivity contribution in [2.75, 3.05) is 0 Å². The molecule has 0 spiro atoms. The molecule has 122 valence electrons. The first kappa shape index (κ1) is 15.8. The molecule has 5 heteroatoms. The van der Waals surface area contributed by atoms with Crippen molar-refractivity contribution in [3.05, 3.63) is 41.7 Å². The van der Waals surface area contributed by atoms with E-state index in [0.29, 0.717) is 5.92 Å². The van der Waals surface area contributed by atoms with E-state index in [4.69, 9.17) is 0 Å². The zero-order valence-corrected chi connectivity index (χ0v) is 13.6. The van der Waals surface area contributed by atoms with Crippen LogP contribution in [-0.4, -0.2) is 26.4 Å². The Labute approximate surface area is 136 Å². The van der Waals surface area contributed by atoms with Gasteiger partial charge in [0.05, 0.1) is 0 Å². The number of nitrogens with one attached hydrogen (secondary N) is 1. The number of benzene rings is 1. The van der Waals surface area contributed by atoms with Crippen LogP contribution in [0.1, 0.15) is 56.3 Å². The van der Waals surface area contributed by atoms with E-state index in [9.17, 15) is 4.79 Å². The largest absolute Gasteiger partial charge is 0.300 e. The summed E-state index contributed by atoms with van der Waals surface area (Å²) < 4.78 is 0. The summed E-state index contributed by atoms with van der Waals surface area (Å²) in [7, 11) is 0. The number of carbonyl (C=O) groups is 1. The quantitative estimate of drug-likeness (QED) is 0.851. The molecule has 1 aliphatic rings. The molecule has 0 unspecified atom stereocenters. The first-order valence-corrected chi connectivity index (χ1v) is 8.52. The molecule has 0 radical (unpaired) electrons. The van der Waals surface area contributed by atoms with Gasteiger partial charge in [-0.1, -0.05) is 56.0 Å². The number of tetrazole rings is 1. The van der Waals surface area contributed by atoms with E-state index in [1.807, 2.05) is 18.2 Å². The van der Waals surface area contributed by atoms with Crippen molar-refractivity contribution in [3.8, 4) is 0 Å². The number of aromatic nitrogens is 4. The van der Waals surface area contributed by atoms with Gasteiger partial charge in [-0.2, -0.15) is 0 Å². The Morgan fingerprint density at radius 2 is 2.00 bits per heavy atom. The van der Waals surface area contributed by atoms with Crippen LogP contribution in [0.2, 0.25) is 0 Å². The second-order valence-corrected chi connectivity index (χ2v) is 6.69. The molecule has 1 saturated carbocycles. The van der Waals surface area contributed by atoms with Gasteiger partial charge in [0.15, 0.2) is 5.82 Å². The summed E-state index contributed by atoms with van der Waals surface area (Å²) in [5, 5.41) is 14.5. The molecule has 0 amide bonds. The molecular weight excluding hydrogens is 288 g/mol. The van der Waals surface area contributed by atoms with Crippen LogP contribution in [0, 0.1) is 11.8 Å². The Balaban J connectivity index is 1.83. The molecule has 2 aromatic rings. The van der Waals surface area contributed by atoms with Crippen molar-refractivity contribution < 1.29 is 4.79 Å². The van der Waals surface area contributed by atoms with E-state index < -0.39 is 0 Å². The van der Waals surface area contributed by atoms with Crippen LogP contribution in [0.5, 0.6) is 0 Å². The van der Waals surface area contributed by atoms with Crippen LogP contribution in [0.15, 0.2) is 30.3 Å². The Morgan fingerprint density at radius 1 is 1.26 bits per heavy atom. The monoisotopic (exact) mass is 312 g/mol. The molecule has 23 heavy (non-hydrogen) atoms. The van der Waals surface area contributed by atoms with Crippen molar-refractivity contribution in [2.24, 2.45) is 11.8 Å². The predicted molar refractivity (Wildman–Crippen MR) is 87.8 cm³/mol. The average molecular weight is 312 g/mol. The normalized spacial score (nSPS) is 18.0. The first-order chi connectivity index (χ1) is 11.2. The zero-order chi connectivity index (χ0) is 16.1. The van der Waals surface area contributed by atoms with E-state index in [1.165, 1.54) is 31.2 Å². The topological polar surface area (TPSA) is 71.5 Å². The minimum atomic E-state index is -0.0203. The first-order valence-electron chi connectivity index (χ1n) is 8.52. The highest BCUT2D eigenvalue weighted by atomic mass is 16.1. The standard InChI is InChI=1S/C18H24N4O/c1-13(23)16(11-14-9-5-6-10-14)17(18-19-21-22-20-18)12-15-7-3-2-4-8-15/h2-4,7-8,14,16-17H,5-6,9-12H2,1H3,(H,19,20,21,22)/t16-,17+/m1/s1. The number of hydrogen-bond donors (Lipinski definition) is 1. The lowest BCUT2D eigenvalue weighted by atomic mass is 9.78. The predicted octanol–water partition coefficient (Wildman–Crippen LogP) is 3.31. The van der Waals surface area contributed by atoms with Crippen LogP contribution in [-0.2, 0) is 11.2 Å². The van der Waals surface area contributed by atoms with Gasteiger partial charge in [0.25, 0.3) is 0 Å². The van der Waals surface area contributed by atoms with Crippen LogP contribution < -0.4 is 0 Å². The lowest BCUT2D eigenvalue weighted by Crippen LogP contribution is -2.25. The highest BCUT2D eigenvalue weighted by Crippen LogP contribution is 2.37. The average Bonchev–Trinajstić information content (AvgIpc) is 3.25. The molecule has 1 fully saturated rings. The maximum Gasteiger partial charge on any atom is 0.152 e. The molecule has 2 atom stereocenters. The Bertz CT molecular complexity index is 605. The van der Waals surface area contributed by atoms with Gasteiger partial charge in [-0.05, 0) is 41.7 Å². The number of Topliss-reactive ketones (excluding diaryl/α,β-unsaturated/α-hetero) is 1. The molecule has 3 rings (SSSR count). The van der Waals surface area contributed by atoms with E-state index in [1.54, 1.807) is 6.92 Å². The number of carbonyl (C=O) groups excluding carboxylic acids is 1. The van der Waals surface area contributed by atoms with Gasteiger partial charge in [-0.25, -0.2) is 5.10 Å². The van der Waals surface area contributed by atoms with Crippen molar-refractivity contribution >= 4 is 5.78 Å². The molecule has 1 heterocycles. The van der Waals surface area contributed by atoms with E-state index >= 15 is 0 Å². The van der Waals surface area contributed by atoms with Crippen LogP contribution in [0.3, 0.4) is 0 Å². The van der Waals surface area contributed by atoms with Gasteiger partial charge in [0.1, 0.15) is 5.78 Å². The summed E-state index contributed by atoms with van der Waals surface area (Å²) in [6.07, 6.45) is 6.82. The zero-order valence-electron chi connectivity index (χ0n) is 13.6. The fourth-order valence-electron chi connectivity index (χ4n) is 3.84. The van der Waals surface area contributed by atoms with Gasteiger partial charge < -0.3 is 0 Å². The van der Waals surface area contributed by atoms with E-state index in [0.717, 1.165) is 18.7 Å². The van der Waals surface area contributed by atoms with Crippen LogP contribution in [0.4, 0.5) is 0 Å². The molecular formula is C18H24N4O. The third-order valence-corrected chi connectivity index (χ3v) is 5.08.